The van der Waals surface area contributed by atoms with E-state index >= 15 is 0 Å². The van der Waals surface area contributed by atoms with E-state index in [9.17, 15) is 0 Å². The zero-order valence-corrected chi connectivity index (χ0v) is 8.61. The highest BCUT2D eigenvalue weighted by molar-refractivity contribution is 7.80. The third kappa shape index (κ3) is 6.49. The van der Waals surface area contributed by atoms with Gasteiger partial charge in [-0.25, -0.2) is 0 Å². The maximum atomic E-state index is 4.39. The summed E-state index contributed by atoms with van der Waals surface area (Å²) in [6, 6.07) is 0. The highest BCUT2D eigenvalue weighted by atomic mass is 32.1. The van der Waals surface area contributed by atoms with Gasteiger partial charge >= 0.3 is 0 Å². The van der Waals surface area contributed by atoms with Crippen molar-refractivity contribution in [1.29, 1.82) is 0 Å². The Labute approximate surface area is 76.5 Å². The van der Waals surface area contributed by atoms with Crippen LogP contribution in [0.2, 0.25) is 0 Å². The van der Waals surface area contributed by atoms with Gasteiger partial charge < -0.3 is 0 Å². The number of thiol groups is 1. The summed E-state index contributed by atoms with van der Waals surface area (Å²) in [5, 5.41) is 0.546. The fourth-order valence-corrected chi connectivity index (χ4v) is 1.62. The van der Waals surface area contributed by atoms with Gasteiger partial charge in [-0.15, -0.1) is 6.58 Å². The van der Waals surface area contributed by atoms with Crippen molar-refractivity contribution < 1.29 is 0 Å². The minimum Gasteiger partial charge on any atom is -0.176 e. The summed E-state index contributed by atoms with van der Waals surface area (Å²) < 4.78 is 0. The summed E-state index contributed by atoms with van der Waals surface area (Å²) >= 11 is 4.39. The SMILES string of the molecule is C=CCCC(CC)CC(C)S. The topological polar surface area (TPSA) is 0 Å². The van der Waals surface area contributed by atoms with Gasteiger partial charge in [-0.3, -0.25) is 0 Å². The molecular weight excluding hydrogens is 152 g/mol. The van der Waals surface area contributed by atoms with E-state index in [1.165, 1.54) is 19.3 Å². The number of allylic oxidation sites excluding steroid dienone is 1. The largest absolute Gasteiger partial charge is 0.176 e. The Morgan fingerprint density at radius 2 is 2.18 bits per heavy atom. The molecule has 0 nitrogen and oxygen atoms in total. The molecule has 0 heterocycles. The van der Waals surface area contributed by atoms with Crippen molar-refractivity contribution >= 4 is 12.6 Å². The molecule has 0 saturated carbocycles. The first-order chi connectivity index (χ1) is 5.20. The van der Waals surface area contributed by atoms with Crippen molar-refractivity contribution in [3.8, 4) is 0 Å². The molecule has 0 aliphatic carbocycles. The van der Waals surface area contributed by atoms with Crippen LogP contribution in [0.1, 0.15) is 39.5 Å². The van der Waals surface area contributed by atoms with Crippen molar-refractivity contribution in [3.05, 3.63) is 12.7 Å². The Hall–Kier alpha value is 0.0900. The summed E-state index contributed by atoms with van der Waals surface area (Å²) in [6.07, 6.45) is 6.96. The zero-order valence-electron chi connectivity index (χ0n) is 7.71. The average molecular weight is 172 g/mol. The fraction of sp³-hybridized carbons (Fsp3) is 0.800. The first kappa shape index (κ1) is 11.1. The Morgan fingerprint density at radius 1 is 1.55 bits per heavy atom. The second-order valence-corrected chi connectivity index (χ2v) is 4.11. The second kappa shape index (κ2) is 6.78. The van der Waals surface area contributed by atoms with Crippen LogP contribution in [0.25, 0.3) is 0 Å². The number of rotatable bonds is 6. The Morgan fingerprint density at radius 3 is 2.55 bits per heavy atom. The van der Waals surface area contributed by atoms with Gasteiger partial charge in [0.15, 0.2) is 0 Å². The summed E-state index contributed by atoms with van der Waals surface area (Å²) in [5.74, 6) is 0.848. The smallest absolute Gasteiger partial charge is 0.000895 e. The van der Waals surface area contributed by atoms with Crippen LogP contribution in [0.15, 0.2) is 12.7 Å². The van der Waals surface area contributed by atoms with Crippen LogP contribution >= 0.6 is 12.6 Å². The third-order valence-corrected chi connectivity index (χ3v) is 2.24. The van der Waals surface area contributed by atoms with Crippen LogP contribution in [-0.4, -0.2) is 5.25 Å². The first-order valence-corrected chi connectivity index (χ1v) is 5.01. The molecule has 0 rings (SSSR count). The molecule has 2 atom stereocenters. The van der Waals surface area contributed by atoms with Crippen molar-refractivity contribution in [3.63, 3.8) is 0 Å². The van der Waals surface area contributed by atoms with E-state index in [4.69, 9.17) is 0 Å². The second-order valence-electron chi connectivity index (χ2n) is 3.23. The zero-order chi connectivity index (χ0) is 8.69. The molecule has 0 aromatic carbocycles. The highest BCUT2D eigenvalue weighted by Gasteiger charge is 2.07. The van der Waals surface area contributed by atoms with E-state index in [-0.39, 0.29) is 0 Å². The van der Waals surface area contributed by atoms with Gasteiger partial charge in [0.1, 0.15) is 0 Å². The lowest BCUT2D eigenvalue weighted by Gasteiger charge is -2.15. The van der Waals surface area contributed by atoms with Crippen LogP contribution in [0.4, 0.5) is 0 Å². The van der Waals surface area contributed by atoms with E-state index in [1.807, 2.05) is 6.08 Å². The Balaban J connectivity index is 3.48. The molecule has 11 heavy (non-hydrogen) atoms. The van der Waals surface area contributed by atoms with Crippen molar-refractivity contribution in [2.45, 2.75) is 44.8 Å². The molecule has 0 spiro atoms. The summed E-state index contributed by atoms with van der Waals surface area (Å²) in [4.78, 5) is 0. The van der Waals surface area contributed by atoms with Crippen LogP contribution in [0.5, 0.6) is 0 Å². The van der Waals surface area contributed by atoms with Crippen LogP contribution in [0, 0.1) is 5.92 Å². The Bertz CT molecular complexity index is 97.0. The Kier molecular flexibility index (Phi) is 6.83. The molecule has 0 radical (unpaired) electrons. The summed E-state index contributed by atoms with van der Waals surface area (Å²) in [5.41, 5.74) is 0. The molecule has 0 aliphatic heterocycles. The van der Waals surface area contributed by atoms with E-state index in [1.54, 1.807) is 0 Å². The lowest BCUT2D eigenvalue weighted by Crippen LogP contribution is -2.04. The van der Waals surface area contributed by atoms with Crippen molar-refractivity contribution in [2.24, 2.45) is 5.92 Å². The standard InChI is InChI=1S/C10H20S/c1-4-6-7-10(5-2)8-9(3)11/h4,9-11H,1,5-8H2,2-3H3. The maximum absolute atomic E-state index is 4.39. The van der Waals surface area contributed by atoms with Crippen molar-refractivity contribution in [1.82, 2.24) is 0 Å². The molecule has 0 saturated heterocycles. The van der Waals surface area contributed by atoms with Crippen LogP contribution in [0.3, 0.4) is 0 Å². The molecule has 0 fully saturated rings. The molecule has 0 aromatic rings. The lowest BCUT2D eigenvalue weighted by molar-refractivity contribution is 0.441. The summed E-state index contributed by atoms with van der Waals surface area (Å²) in [6.45, 7) is 8.15. The summed E-state index contributed by atoms with van der Waals surface area (Å²) in [7, 11) is 0. The third-order valence-electron chi connectivity index (χ3n) is 2.03. The van der Waals surface area contributed by atoms with Gasteiger partial charge in [0.25, 0.3) is 0 Å². The first-order valence-electron chi connectivity index (χ1n) is 4.49. The van der Waals surface area contributed by atoms with Crippen LogP contribution in [-0.2, 0) is 0 Å². The van der Waals surface area contributed by atoms with E-state index < -0.39 is 0 Å². The highest BCUT2D eigenvalue weighted by Crippen LogP contribution is 2.19. The van der Waals surface area contributed by atoms with E-state index in [0.29, 0.717) is 5.25 Å². The van der Waals surface area contributed by atoms with Gasteiger partial charge in [-0.1, -0.05) is 26.3 Å². The van der Waals surface area contributed by atoms with E-state index in [2.05, 4.69) is 33.1 Å². The monoisotopic (exact) mass is 172 g/mol. The van der Waals surface area contributed by atoms with Gasteiger partial charge in [0.2, 0.25) is 0 Å². The predicted octanol–water partition coefficient (Wildman–Crippen LogP) is 3.69. The normalized spacial score (nSPS) is 15.9. The molecule has 1 heteroatoms. The number of hydrogen-bond acceptors (Lipinski definition) is 1. The van der Waals surface area contributed by atoms with E-state index in [0.717, 1.165) is 12.3 Å². The van der Waals surface area contributed by atoms with Crippen molar-refractivity contribution in [2.75, 3.05) is 0 Å². The molecule has 2 unspecified atom stereocenters. The molecule has 0 bridgehead atoms. The maximum Gasteiger partial charge on any atom is -0.000895 e. The average Bonchev–Trinajstić information content (AvgIpc) is 1.97. The minimum absolute atomic E-state index is 0.546. The lowest BCUT2D eigenvalue weighted by atomic mass is 9.95. The molecule has 0 N–H and O–H groups in total. The molecular formula is C10H20S. The fourth-order valence-electron chi connectivity index (χ4n) is 1.32. The molecule has 66 valence electrons. The molecule has 0 aromatic heterocycles. The van der Waals surface area contributed by atoms with Gasteiger partial charge in [-0.2, -0.15) is 12.6 Å². The number of hydrogen-bond donors (Lipinski definition) is 1. The van der Waals surface area contributed by atoms with Crippen LogP contribution < -0.4 is 0 Å². The van der Waals surface area contributed by atoms with Gasteiger partial charge in [0, 0.05) is 0 Å². The van der Waals surface area contributed by atoms with Gasteiger partial charge in [0.05, 0.1) is 0 Å². The molecule has 0 aliphatic rings. The van der Waals surface area contributed by atoms with Gasteiger partial charge in [-0.05, 0) is 30.4 Å². The quantitative estimate of drug-likeness (QED) is 0.458. The predicted molar refractivity (Wildman–Crippen MR) is 56.3 cm³/mol. The molecule has 0 amide bonds. The minimum atomic E-state index is 0.546.